The Bertz CT molecular complexity index is 914. The fraction of sp³-hybridized carbons (Fsp3) is 0.286. The Labute approximate surface area is 175 Å². The van der Waals surface area contributed by atoms with E-state index in [-0.39, 0.29) is 28.7 Å². The van der Waals surface area contributed by atoms with Gasteiger partial charge in [-0.2, -0.15) is 17.6 Å². The third kappa shape index (κ3) is 6.27. The molecule has 0 bridgehead atoms. The first-order valence-electron chi connectivity index (χ1n) is 9.36. The molecular weight excluding hydrogens is 420 g/mol. The second kappa shape index (κ2) is 10.1. The number of hydrogen-bond donors (Lipinski definition) is 1. The van der Waals surface area contributed by atoms with Crippen LogP contribution in [0.4, 0.5) is 23.2 Å². The maximum atomic E-state index is 12.7. The van der Waals surface area contributed by atoms with Gasteiger partial charge < -0.3 is 24.4 Å². The number of amides is 1. The minimum absolute atomic E-state index is 0.123. The fourth-order valence-corrected chi connectivity index (χ4v) is 3.14. The predicted molar refractivity (Wildman–Crippen MR) is 106 cm³/mol. The van der Waals surface area contributed by atoms with Crippen molar-refractivity contribution in [2.75, 3.05) is 31.1 Å². The Morgan fingerprint density at radius 3 is 2.19 bits per heavy atom. The summed E-state index contributed by atoms with van der Waals surface area (Å²) in [5, 5.41) is 9.37. The van der Waals surface area contributed by atoms with Crippen LogP contribution in [0, 0.1) is 0 Å². The van der Waals surface area contributed by atoms with E-state index in [1.165, 1.54) is 24.3 Å². The fourth-order valence-electron chi connectivity index (χ4n) is 3.14. The number of alkyl halides is 4. The number of rotatable bonds is 7. The van der Waals surface area contributed by atoms with Gasteiger partial charge in [0.25, 0.3) is 0 Å². The maximum Gasteiger partial charge on any atom is 0.387 e. The van der Waals surface area contributed by atoms with E-state index in [0.717, 1.165) is 11.8 Å². The molecule has 1 amide bonds. The standard InChI is InChI=1S/C21H20F4N2O4/c22-20(23)30-17-7-1-14(18(13-17)31-21(24)25)2-8-19(29)27-11-9-26(10-12-27)15-3-5-16(28)6-4-15/h1-8,13,20-21,28H,9-12H2/b8-2+. The van der Waals surface area contributed by atoms with Crippen molar-refractivity contribution < 1.29 is 36.9 Å². The van der Waals surface area contributed by atoms with Gasteiger partial charge in [-0.1, -0.05) is 0 Å². The van der Waals surface area contributed by atoms with Gasteiger partial charge in [-0.3, -0.25) is 4.79 Å². The molecule has 10 heteroatoms. The Kier molecular flexibility index (Phi) is 7.22. The SMILES string of the molecule is O=C(/C=C/c1ccc(OC(F)F)cc1OC(F)F)N1CCN(c2ccc(O)cc2)CC1. The highest BCUT2D eigenvalue weighted by Crippen LogP contribution is 2.28. The molecule has 0 spiro atoms. The molecule has 1 aliphatic heterocycles. The van der Waals surface area contributed by atoms with Crippen molar-refractivity contribution in [2.45, 2.75) is 13.2 Å². The number of carbonyl (C=O) groups excluding carboxylic acids is 1. The Hall–Kier alpha value is -3.43. The third-order valence-electron chi connectivity index (χ3n) is 4.64. The molecule has 0 aromatic heterocycles. The van der Waals surface area contributed by atoms with Gasteiger partial charge in [-0.15, -0.1) is 0 Å². The van der Waals surface area contributed by atoms with Gasteiger partial charge in [0.05, 0.1) is 0 Å². The van der Waals surface area contributed by atoms with Crippen LogP contribution in [0.2, 0.25) is 0 Å². The molecule has 1 aliphatic rings. The zero-order valence-corrected chi connectivity index (χ0v) is 16.3. The summed E-state index contributed by atoms with van der Waals surface area (Å²) in [6.45, 7) is -4.20. The van der Waals surface area contributed by atoms with E-state index in [0.29, 0.717) is 26.2 Å². The molecule has 2 aromatic rings. The molecule has 1 fully saturated rings. The van der Waals surface area contributed by atoms with Crippen molar-refractivity contribution in [3.05, 3.63) is 54.1 Å². The van der Waals surface area contributed by atoms with E-state index in [2.05, 4.69) is 14.4 Å². The molecule has 0 radical (unpaired) electrons. The van der Waals surface area contributed by atoms with Gasteiger partial charge >= 0.3 is 13.2 Å². The van der Waals surface area contributed by atoms with Gasteiger partial charge in [0.1, 0.15) is 17.2 Å². The molecule has 1 heterocycles. The summed E-state index contributed by atoms with van der Waals surface area (Å²) >= 11 is 0. The summed E-state index contributed by atoms with van der Waals surface area (Å²) in [5.41, 5.74) is 1.05. The second-order valence-electron chi connectivity index (χ2n) is 6.62. The normalized spacial score (nSPS) is 14.5. The second-order valence-corrected chi connectivity index (χ2v) is 6.62. The van der Waals surface area contributed by atoms with Crippen molar-refractivity contribution in [1.82, 2.24) is 4.90 Å². The number of anilines is 1. The average molecular weight is 440 g/mol. The zero-order chi connectivity index (χ0) is 22.4. The van der Waals surface area contributed by atoms with Crippen LogP contribution in [0.25, 0.3) is 6.08 Å². The summed E-state index contributed by atoms with van der Waals surface area (Å²) in [6.07, 6.45) is 2.51. The molecule has 3 rings (SSSR count). The molecule has 1 N–H and O–H groups in total. The van der Waals surface area contributed by atoms with Crippen LogP contribution in [0.3, 0.4) is 0 Å². The number of piperazine rings is 1. The molecule has 0 saturated carbocycles. The van der Waals surface area contributed by atoms with Crippen molar-refractivity contribution in [3.8, 4) is 17.2 Å². The molecule has 166 valence electrons. The number of halogens is 4. The van der Waals surface area contributed by atoms with E-state index in [9.17, 15) is 27.5 Å². The van der Waals surface area contributed by atoms with Crippen LogP contribution in [0.1, 0.15) is 5.56 Å². The van der Waals surface area contributed by atoms with E-state index in [4.69, 9.17) is 0 Å². The monoisotopic (exact) mass is 440 g/mol. The number of hydrogen-bond acceptors (Lipinski definition) is 5. The van der Waals surface area contributed by atoms with Crippen LogP contribution in [-0.4, -0.2) is 55.3 Å². The number of phenols is 1. The first-order valence-corrected chi connectivity index (χ1v) is 9.36. The quantitative estimate of drug-likeness (QED) is 0.522. The van der Waals surface area contributed by atoms with Crippen molar-refractivity contribution in [3.63, 3.8) is 0 Å². The highest BCUT2D eigenvalue weighted by atomic mass is 19.3. The molecule has 0 unspecified atom stereocenters. The topological polar surface area (TPSA) is 62.2 Å². The van der Waals surface area contributed by atoms with Crippen molar-refractivity contribution >= 4 is 17.7 Å². The number of ether oxygens (including phenoxy) is 2. The van der Waals surface area contributed by atoms with Crippen LogP contribution < -0.4 is 14.4 Å². The lowest BCUT2D eigenvalue weighted by molar-refractivity contribution is -0.126. The van der Waals surface area contributed by atoms with Crippen molar-refractivity contribution in [2.24, 2.45) is 0 Å². The Morgan fingerprint density at radius 1 is 0.935 bits per heavy atom. The smallest absolute Gasteiger partial charge is 0.387 e. The summed E-state index contributed by atoms with van der Waals surface area (Å²) in [6, 6.07) is 10.1. The van der Waals surface area contributed by atoms with Gasteiger partial charge in [0.15, 0.2) is 0 Å². The number of phenolic OH excluding ortho intramolecular Hbond substituents is 1. The Morgan fingerprint density at radius 2 is 1.58 bits per heavy atom. The first kappa shape index (κ1) is 22.3. The van der Waals surface area contributed by atoms with E-state index in [1.807, 2.05) is 0 Å². The predicted octanol–water partition coefficient (Wildman–Crippen LogP) is 3.96. The molecular formula is C21H20F4N2O4. The highest BCUT2D eigenvalue weighted by molar-refractivity contribution is 5.92. The molecule has 31 heavy (non-hydrogen) atoms. The van der Waals surface area contributed by atoms with E-state index < -0.39 is 13.2 Å². The van der Waals surface area contributed by atoms with Gasteiger partial charge in [-0.25, -0.2) is 0 Å². The highest BCUT2D eigenvalue weighted by Gasteiger charge is 2.20. The number of nitrogens with zero attached hydrogens (tertiary/aromatic N) is 2. The van der Waals surface area contributed by atoms with Gasteiger partial charge in [-0.05, 0) is 42.5 Å². The largest absolute Gasteiger partial charge is 0.508 e. The van der Waals surface area contributed by atoms with E-state index in [1.54, 1.807) is 29.2 Å². The zero-order valence-electron chi connectivity index (χ0n) is 16.3. The summed E-state index contributed by atoms with van der Waals surface area (Å²) in [7, 11) is 0. The molecule has 6 nitrogen and oxygen atoms in total. The minimum Gasteiger partial charge on any atom is -0.508 e. The summed E-state index contributed by atoms with van der Waals surface area (Å²) in [5.74, 6) is -0.859. The lowest BCUT2D eigenvalue weighted by Gasteiger charge is -2.35. The average Bonchev–Trinajstić information content (AvgIpc) is 2.73. The summed E-state index contributed by atoms with van der Waals surface area (Å²) in [4.78, 5) is 16.2. The Balaban J connectivity index is 1.63. The first-order chi connectivity index (χ1) is 14.8. The molecule has 0 atom stereocenters. The lowest BCUT2D eigenvalue weighted by atomic mass is 10.1. The molecule has 2 aromatic carbocycles. The van der Waals surface area contributed by atoms with Crippen LogP contribution >= 0.6 is 0 Å². The number of benzene rings is 2. The van der Waals surface area contributed by atoms with E-state index >= 15 is 0 Å². The lowest BCUT2D eigenvalue weighted by Crippen LogP contribution is -2.48. The van der Waals surface area contributed by atoms with Crippen LogP contribution in [0.15, 0.2) is 48.5 Å². The summed E-state index contributed by atoms with van der Waals surface area (Å²) < 4.78 is 58.5. The number of carbonyl (C=O) groups is 1. The van der Waals surface area contributed by atoms with Gasteiger partial charge in [0.2, 0.25) is 5.91 Å². The third-order valence-corrected chi connectivity index (χ3v) is 4.64. The van der Waals surface area contributed by atoms with Crippen LogP contribution in [0.5, 0.6) is 17.2 Å². The molecule has 1 saturated heterocycles. The maximum absolute atomic E-state index is 12.7. The van der Waals surface area contributed by atoms with Gasteiger partial charge in [0, 0.05) is 49.6 Å². The van der Waals surface area contributed by atoms with Crippen molar-refractivity contribution in [1.29, 1.82) is 0 Å². The minimum atomic E-state index is -3.17. The van der Waals surface area contributed by atoms with Crippen LogP contribution in [-0.2, 0) is 4.79 Å². The number of aromatic hydroxyl groups is 1. The molecule has 0 aliphatic carbocycles.